The summed E-state index contributed by atoms with van der Waals surface area (Å²) in [5.41, 5.74) is 8.64. The van der Waals surface area contributed by atoms with Crippen LogP contribution in [0.4, 0.5) is 0 Å². The SMILES string of the molecule is Cc1nccc2c3ccc(OCCCCn4c5ccccc5c5ccnc(C(C)C)c54)cc3n(CCCc3ccccc3)c12. The second-order valence-corrected chi connectivity index (χ2v) is 12.2. The van der Waals surface area contributed by atoms with Crippen LogP contribution < -0.4 is 4.74 Å². The Morgan fingerprint density at radius 1 is 0.659 bits per heavy atom. The van der Waals surface area contributed by atoms with Crippen molar-refractivity contribution in [2.24, 2.45) is 0 Å². The number of aryl methyl sites for hydroxylation is 4. The number of hydrogen-bond acceptors (Lipinski definition) is 3. The summed E-state index contributed by atoms with van der Waals surface area (Å²) in [5, 5.41) is 5.13. The quantitative estimate of drug-likeness (QED) is 0.143. The second kappa shape index (κ2) is 12.2. The third kappa shape index (κ3) is 5.21. The lowest BCUT2D eigenvalue weighted by atomic mass is 10.1. The maximum atomic E-state index is 6.37. The van der Waals surface area contributed by atoms with E-state index in [4.69, 9.17) is 9.72 Å². The van der Waals surface area contributed by atoms with Crippen LogP contribution in [0.15, 0.2) is 97.3 Å². The topological polar surface area (TPSA) is 44.9 Å². The van der Waals surface area contributed by atoms with Gasteiger partial charge in [-0.05, 0) is 74.4 Å². The van der Waals surface area contributed by atoms with E-state index in [2.05, 4.69) is 120 Å². The third-order valence-electron chi connectivity index (χ3n) is 8.92. The number of unbranched alkanes of at least 4 members (excludes halogenated alkanes) is 1. The zero-order valence-electron chi connectivity index (χ0n) is 26.0. The lowest BCUT2D eigenvalue weighted by Gasteiger charge is -2.13. The summed E-state index contributed by atoms with van der Waals surface area (Å²) in [7, 11) is 0. The summed E-state index contributed by atoms with van der Waals surface area (Å²) in [6, 6.07) is 30.4. The van der Waals surface area contributed by atoms with Crippen molar-refractivity contribution in [2.75, 3.05) is 6.61 Å². The van der Waals surface area contributed by atoms with Gasteiger partial charge in [0.15, 0.2) is 0 Å². The Morgan fingerprint density at radius 3 is 2.20 bits per heavy atom. The second-order valence-electron chi connectivity index (χ2n) is 12.2. The van der Waals surface area contributed by atoms with Gasteiger partial charge >= 0.3 is 0 Å². The molecule has 0 aliphatic carbocycles. The van der Waals surface area contributed by atoms with E-state index in [-0.39, 0.29) is 0 Å². The molecular formula is C39H40N4O. The molecule has 0 spiro atoms. The maximum Gasteiger partial charge on any atom is 0.121 e. The van der Waals surface area contributed by atoms with Crippen molar-refractivity contribution in [2.45, 2.75) is 65.5 Å². The summed E-state index contributed by atoms with van der Waals surface area (Å²) in [6.07, 6.45) is 8.02. The number of ether oxygens (including phenoxy) is 1. The monoisotopic (exact) mass is 580 g/mol. The van der Waals surface area contributed by atoms with Crippen LogP contribution >= 0.6 is 0 Å². The highest BCUT2D eigenvalue weighted by Crippen LogP contribution is 2.34. The number of para-hydroxylation sites is 1. The van der Waals surface area contributed by atoms with E-state index < -0.39 is 0 Å². The molecule has 7 rings (SSSR count). The third-order valence-corrected chi connectivity index (χ3v) is 8.92. The highest BCUT2D eigenvalue weighted by Gasteiger charge is 2.17. The molecule has 222 valence electrons. The van der Waals surface area contributed by atoms with Gasteiger partial charge in [-0.15, -0.1) is 0 Å². The average Bonchev–Trinajstić information content (AvgIpc) is 3.54. The number of hydrogen-bond donors (Lipinski definition) is 0. The Labute approximate surface area is 259 Å². The molecule has 7 aromatic rings. The van der Waals surface area contributed by atoms with Gasteiger partial charge in [0.05, 0.1) is 34.5 Å². The number of aromatic nitrogens is 4. The van der Waals surface area contributed by atoms with Gasteiger partial charge in [-0.25, -0.2) is 0 Å². The number of rotatable bonds is 11. The molecule has 0 unspecified atom stereocenters. The summed E-state index contributed by atoms with van der Waals surface area (Å²) >= 11 is 0. The maximum absolute atomic E-state index is 6.37. The smallest absolute Gasteiger partial charge is 0.121 e. The molecule has 0 saturated heterocycles. The Morgan fingerprint density at radius 2 is 1.36 bits per heavy atom. The molecule has 0 amide bonds. The minimum absolute atomic E-state index is 0.369. The predicted molar refractivity (Wildman–Crippen MR) is 183 cm³/mol. The van der Waals surface area contributed by atoms with Crippen molar-refractivity contribution < 1.29 is 4.74 Å². The van der Waals surface area contributed by atoms with Crippen molar-refractivity contribution >= 4 is 43.6 Å². The standard InChI is InChI=1S/C39H40N4O/c1-27(2)37-39-34(20-22-41-37)31-15-7-8-16-35(31)42(39)23-9-10-25-44-30-17-18-32-33-19-21-40-28(3)38(33)43(36(32)26-30)24-11-14-29-12-5-4-6-13-29/h4-8,12-13,15-22,26-27H,9-11,14,23-25H2,1-3H3. The van der Waals surface area contributed by atoms with Gasteiger partial charge in [-0.2, -0.15) is 0 Å². The van der Waals surface area contributed by atoms with Crippen LogP contribution in [0, 0.1) is 6.92 Å². The highest BCUT2D eigenvalue weighted by molar-refractivity contribution is 6.09. The first-order chi connectivity index (χ1) is 21.6. The van der Waals surface area contributed by atoms with Crippen molar-refractivity contribution in [3.8, 4) is 5.75 Å². The first-order valence-corrected chi connectivity index (χ1v) is 16.0. The minimum Gasteiger partial charge on any atom is -0.494 e. The molecule has 44 heavy (non-hydrogen) atoms. The van der Waals surface area contributed by atoms with Gasteiger partial charge < -0.3 is 13.9 Å². The van der Waals surface area contributed by atoms with Crippen LogP contribution in [-0.4, -0.2) is 25.7 Å². The molecule has 0 bridgehead atoms. The zero-order chi connectivity index (χ0) is 30.0. The van der Waals surface area contributed by atoms with Crippen LogP contribution in [0.25, 0.3) is 43.6 Å². The van der Waals surface area contributed by atoms with Crippen molar-refractivity contribution in [1.29, 1.82) is 0 Å². The van der Waals surface area contributed by atoms with E-state index in [1.807, 2.05) is 12.4 Å². The average molecular weight is 581 g/mol. The van der Waals surface area contributed by atoms with Crippen molar-refractivity contribution in [3.05, 3.63) is 114 Å². The largest absolute Gasteiger partial charge is 0.494 e. The van der Waals surface area contributed by atoms with Crippen molar-refractivity contribution in [3.63, 3.8) is 0 Å². The van der Waals surface area contributed by atoms with Gasteiger partial charge in [0.2, 0.25) is 0 Å². The Hall–Kier alpha value is -4.64. The number of fused-ring (bicyclic) bond motifs is 6. The molecule has 4 heterocycles. The first kappa shape index (κ1) is 28.1. The fourth-order valence-corrected chi connectivity index (χ4v) is 6.85. The number of pyridine rings is 2. The summed E-state index contributed by atoms with van der Waals surface area (Å²) in [4.78, 5) is 9.42. The van der Waals surface area contributed by atoms with Gasteiger partial charge in [-0.3, -0.25) is 9.97 Å². The van der Waals surface area contributed by atoms with E-state index in [1.54, 1.807) is 0 Å². The molecule has 0 aliphatic rings. The predicted octanol–water partition coefficient (Wildman–Crippen LogP) is 9.62. The van der Waals surface area contributed by atoms with Gasteiger partial charge in [0, 0.05) is 58.6 Å². The van der Waals surface area contributed by atoms with E-state index >= 15 is 0 Å². The van der Waals surface area contributed by atoms with E-state index in [0.717, 1.165) is 50.2 Å². The Kier molecular flexibility index (Phi) is 7.78. The Bertz CT molecular complexity index is 2070. The molecule has 0 radical (unpaired) electrons. The van der Waals surface area contributed by atoms with E-state index in [9.17, 15) is 0 Å². The van der Waals surface area contributed by atoms with Gasteiger partial charge in [0.1, 0.15) is 5.75 Å². The molecular weight excluding hydrogens is 540 g/mol. The normalized spacial score (nSPS) is 11.9. The molecule has 4 aromatic heterocycles. The van der Waals surface area contributed by atoms with Crippen LogP contribution in [0.5, 0.6) is 5.75 Å². The van der Waals surface area contributed by atoms with Gasteiger partial charge in [0.25, 0.3) is 0 Å². The van der Waals surface area contributed by atoms with Crippen LogP contribution in [0.1, 0.15) is 56.0 Å². The lowest BCUT2D eigenvalue weighted by molar-refractivity contribution is 0.304. The first-order valence-electron chi connectivity index (χ1n) is 16.0. The molecule has 0 saturated carbocycles. The molecule has 0 atom stereocenters. The molecule has 0 N–H and O–H groups in total. The van der Waals surface area contributed by atoms with Crippen LogP contribution in [0.3, 0.4) is 0 Å². The molecule has 0 fully saturated rings. The van der Waals surface area contributed by atoms with Gasteiger partial charge in [-0.1, -0.05) is 62.4 Å². The van der Waals surface area contributed by atoms with E-state index in [1.165, 1.54) is 54.9 Å². The molecule has 5 nitrogen and oxygen atoms in total. The van der Waals surface area contributed by atoms with Crippen molar-refractivity contribution in [1.82, 2.24) is 19.1 Å². The lowest BCUT2D eigenvalue weighted by Crippen LogP contribution is -2.05. The molecule has 3 aromatic carbocycles. The fraction of sp³-hybridized carbons (Fsp3) is 0.282. The summed E-state index contributed by atoms with van der Waals surface area (Å²) in [6.45, 7) is 9.15. The van der Waals surface area contributed by atoms with E-state index in [0.29, 0.717) is 12.5 Å². The minimum atomic E-state index is 0.369. The number of benzene rings is 3. The summed E-state index contributed by atoms with van der Waals surface area (Å²) < 4.78 is 11.3. The molecule has 5 heteroatoms. The highest BCUT2D eigenvalue weighted by atomic mass is 16.5. The van der Waals surface area contributed by atoms with Crippen LogP contribution in [-0.2, 0) is 19.5 Å². The molecule has 0 aliphatic heterocycles. The Balaban J connectivity index is 1.08. The van der Waals surface area contributed by atoms with Crippen LogP contribution in [0.2, 0.25) is 0 Å². The summed E-state index contributed by atoms with van der Waals surface area (Å²) in [5.74, 6) is 1.30. The number of nitrogens with zero attached hydrogens (tertiary/aromatic N) is 4. The zero-order valence-corrected chi connectivity index (χ0v) is 26.0. The fourth-order valence-electron chi connectivity index (χ4n) is 6.85.